The zero-order chi connectivity index (χ0) is 26.6. The molecule has 2 aromatic rings. The van der Waals surface area contributed by atoms with Gasteiger partial charge in [-0.1, -0.05) is 72.8 Å². The van der Waals surface area contributed by atoms with Crippen LogP contribution in [0.4, 0.5) is 0 Å². The number of carbonyl (C=O) groups excluding carboxylic acids is 3. The van der Waals surface area contributed by atoms with Gasteiger partial charge in [-0.15, -0.1) is 0 Å². The van der Waals surface area contributed by atoms with Crippen LogP contribution in [0.5, 0.6) is 0 Å². The van der Waals surface area contributed by atoms with Crippen molar-refractivity contribution in [3.8, 4) is 0 Å². The van der Waals surface area contributed by atoms with Gasteiger partial charge >= 0.3 is 5.97 Å². The smallest absolute Gasteiger partial charge is 0.309 e. The average molecular weight is 518 g/mol. The number of hydrogen-bond acceptors (Lipinski definition) is 5. The van der Waals surface area contributed by atoms with Gasteiger partial charge in [0.05, 0.1) is 18.6 Å². The number of nitrogens with zero attached hydrogens (tertiary/aromatic N) is 1. The lowest BCUT2D eigenvalue weighted by molar-refractivity contribution is -0.151. The van der Waals surface area contributed by atoms with Crippen LogP contribution in [0, 0.1) is 11.8 Å². The molecule has 0 radical (unpaired) electrons. The molecule has 38 heavy (non-hydrogen) atoms. The number of allylic oxidation sites excluding steroid dienone is 2. The zero-order valence-corrected chi connectivity index (χ0v) is 22.0. The number of esters is 1. The number of ether oxygens (including phenoxy) is 1. The third-order valence-electron chi connectivity index (χ3n) is 7.39. The van der Waals surface area contributed by atoms with Crippen molar-refractivity contribution in [2.24, 2.45) is 11.8 Å². The maximum atomic E-state index is 13.0. The number of carbonyl (C=O) groups is 3. The summed E-state index contributed by atoms with van der Waals surface area (Å²) in [4.78, 5) is 40.3. The van der Waals surface area contributed by atoms with Crippen LogP contribution >= 0.6 is 0 Å². The molecule has 2 amide bonds. The molecule has 2 atom stereocenters. The number of benzene rings is 2. The highest BCUT2D eigenvalue weighted by Gasteiger charge is 2.26. The molecule has 2 aliphatic heterocycles. The summed E-state index contributed by atoms with van der Waals surface area (Å²) in [5.41, 5.74) is 2.26. The molecule has 7 heteroatoms. The molecule has 2 aliphatic rings. The minimum absolute atomic E-state index is 0.0361. The molecule has 2 heterocycles. The Balaban J connectivity index is 1.25. The predicted octanol–water partition coefficient (Wildman–Crippen LogP) is 4.16. The van der Waals surface area contributed by atoms with E-state index >= 15 is 0 Å². The fourth-order valence-corrected chi connectivity index (χ4v) is 5.10. The Labute approximate surface area is 225 Å². The first-order valence-corrected chi connectivity index (χ1v) is 13.8. The van der Waals surface area contributed by atoms with Crippen molar-refractivity contribution in [1.82, 2.24) is 15.5 Å². The molecule has 0 saturated carbocycles. The number of cyclic esters (lactones) is 1. The number of piperidine rings is 1. The third-order valence-corrected chi connectivity index (χ3v) is 7.39. The fourth-order valence-electron chi connectivity index (χ4n) is 5.10. The molecule has 2 N–H and O–H groups in total. The number of rotatable bonds is 7. The maximum absolute atomic E-state index is 13.0. The van der Waals surface area contributed by atoms with Crippen LogP contribution in [0.2, 0.25) is 0 Å². The van der Waals surface area contributed by atoms with Crippen molar-refractivity contribution in [2.45, 2.75) is 51.0 Å². The molecule has 2 aromatic carbocycles. The van der Waals surface area contributed by atoms with Gasteiger partial charge in [0, 0.05) is 25.9 Å². The first-order valence-electron chi connectivity index (χ1n) is 13.8. The van der Waals surface area contributed by atoms with Crippen LogP contribution in [-0.4, -0.2) is 49.0 Å². The lowest BCUT2D eigenvalue weighted by Crippen LogP contribution is -2.43. The highest BCUT2D eigenvalue weighted by Crippen LogP contribution is 2.22. The standard InChI is InChI=1S/C31H39N3O4/c35-29-15-9-3-8-14-27(31(37)38-22-28(33-29)26-12-6-2-7-13-26)21-30(36)32-23-34-18-16-25(17-19-34)20-24-10-4-1-5-11-24/h1-8,10-13,25,27-28H,9,14-23H2,(H,32,36)(H,33,35)/t27-,28-/m0/s1. The lowest BCUT2D eigenvalue weighted by Gasteiger charge is -2.32. The van der Waals surface area contributed by atoms with E-state index in [0.717, 1.165) is 37.9 Å². The van der Waals surface area contributed by atoms with E-state index in [2.05, 4.69) is 39.8 Å². The number of amides is 2. The number of nitrogens with one attached hydrogen (secondary N) is 2. The van der Waals surface area contributed by atoms with Gasteiger partial charge in [-0.25, -0.2) is 0 Å². The van der Waals surface area contributed by atoms with Crippen LogP contribution in [0.1, 0.15) is 55.7 Å². The maximum Gasteiger partial charge on any atom is 0.309 e. The van der Waals surface area contributed by atoms with E-state index < -0.39 is 17.9 Å². The van der Waals surface area contributed by atoms with Gasteiger partial charge in [0.25, 0.3) is 0 Å². The van der Waals surface area contributed by atoms with Gasteiger partial charge in [-0.05, 0) is 49.1 Å². The Kier molecular flexibility index (Phi) is 10.5. The quantitative estimate of drug-likeness (QED) is 0.425. The van der Waals surface area contributed by atoms with Crippen LogP contribution in [0.25, 0.3) is 0 Å². The molecule has 0 aliphatic carbocycles. The fraction of sp³-hybridized carbons (Fsp3) is 0.452. The van der Waals surface area contributed by atoms with E-state index in [1.165, 1.54) is 5.56 Å². The molecule has 0 aromatic heterocycles. The molecule has 7 nitrogen and oxygen atoms in total. The van der Waals surface area contributed by atoms with Crippen molar-refractivity contribution < 1.29 is 19.1 Å². The van der Waals surface area contributed by atoms with Crippen molar-refractivity contribution in [3.63, 3.8) is 0 Å². The molecule has 1 fully saturated rings. The molecule has 0 unspecified atom stereocenters. The van der Waals surface area contributed by atoms with Crippen molar-refractivity contribution >= 4 is 17.8 Å². The Morgan fingerprint density at radius 3 is 2.42 bits per heavy atom. The highest BCUT2D eigenvalue weighted by molar-refractivity contribution is 5.83. The second-order valence-electron chi connectivity index (χ2n) is 10.3. The van der Waals surface area contributed by atoms with E-state index in [1.807, 2.05) is 48.6 Å². The minimum Gasteiger partial charge on any atom is -0.463 e. The highest BCUT2D eigenvalue weighted by atomic mass is 16.5. The Morgan fingerprint density at radius 1 is 0.974 bits per heavy atom. The topological polar surface area (TPSA) is 87.7 Å². The lowest BCUT2D eigenvalue weighted by atomic mass is 9.90. The molecule has 4 rings (SSSR count). The van der Waals surface area contributed by atoms with E-state index in [9.17, 15) is 14.4 Å². The van der Waals surface area contributed by atoms with Gasteiger partial charge in [0.2, 0.25) is 11.8 Å². The molecule has 0 bridgehead atoms. The first kappa shape index (κ1) is 27.6. The molecule has 202 valence electrons. The SMILES string of the molecule is O=C(C[C@@H]1CC=CCCC(=O)N[C@H](c2ccccc2)COC1=O)NCN1CCC(Cc2ccccc2)CC1. The Hall–Kier alpha value is -3.45. The first-order chi connectivity index (χ1) is 18.6. The normalized spacial score (nSPS) is 22.0. The summed E-state index contributed by atoms with van der Waals surface area (Å²) in [5.74, 6) is -0.532. The zero-order valence-electron chi connectivity index (χ0n) is 22.0. The van der Waals surface area contributed by atoms with Gasteiger partial charge in [0.1, 0.15) is 6.61 Å². The largest absolute Gasteiger partial charge is 0.463 e. The molecular formula is C31H39N3O4. The second-order valence-corrected chi connectivity index (χ2v) is 10.3. The summed E-state index contributed by atoms with van der Waals surface area (Å²) in [6.07, 6.45) is 8.55. The second kappa shape index (κ2) is 14.5. The van der Waals surface area contributed by atoms with E-state index in [-0.39, 0.29) is 24.8 Å². The Morgan fingerprint density at radius 2 is 1.68 bits per heavy atom. The van der Waals surface area contributed by atoms with E-state index in [4.69, 9.17) is 4.74 Å². The summed E-state index contributed by atoms with van der Waals surface area (Å²) < 4.78 is 5.62. The predicted molar refractivity (Wildman–Crippen MR) is 147 cm³/mol. The average Bonchev–Trinajstić information content (AvgIpc) is 2.94. The van der Waals surface area contributed by atoms with Crippen LogP contribution in [0.15, 0.2) is 72.8 Å². The van der Waals surface area contributed by atoms with Crippen LogP contribution < -0.4 is 10.6 Å². The van der Waals surface area contributed by atoms with Crippen molar-refractivity contribution in [2.75, 3.05) is 26.4 Å². The summed E-state index contributed by atoms with van der Waals surface area (Å²) in [5, 5.41) is 5.98. The van der Waals surface area contributed by atoms with Gasteiger partial charge < -0.3 is 15.4 Å². The summed E-state index contributed by atoms with van der Waals surface area (Å²) in [6.45, 7) is 2.45. The summed E-state index contributed by atoms with van der Waals surface area (Å²) in [6, 6.07) is 19.7. The van der Waals surface area contributed by atoms with Crippen LogP contribution in [-0.2, 0) is 25.5 Å². The van der Waals surface area contributed by atoms with Crippen LogP contribution in [0.3, 0.4) is 0 Å². The number of hydrogen-bond donors (Lipinski definition) is 2. The molecule has 0 spiro atoms. The summed E-state index contributed by atoms with van der Waals surface area (Å²) >= 11 is 0. The van der Waals surface area contributed by atoms with Gasteiger partial charge in [-0.3, -0.25) is 19.3 Å². The van der Waals surface area contributed by atoms with Crippen molar-refractivity contribution in [1.29, 1.82) is 0 Å². The summed E-state index contributed by atoms with van der Waals surface area (Å²) in [7, 11) is 0. The molecule has 1 saturated heterocycles. The molecular weight excluding hydrogens is 478 g/mol. The Bertz CT molecular complexity index is 1070. The van der Waals surface area contributed by atoms with Gasteiger partial charge in [0.15, 0.2) is 0 Å². The van der Waals surface area contributed by atoms with Gasteiger partial charge in [-0.2, -0.15) is 0 Å². The third kappa shape index (κ3) is 8.84. The van der Waals surface area contributed by atoms with E-state index in [1.54, 1.807) is 0 Å². The number of likely N-dealkylation sites (tertiary alicyclic amines) is 1. The monoisotopic (exact) mass is 517 g/mol. The minimum atomic E-state index is -0.561. The van der Waals surface area contributed by atoms with Crippen molar-refractivity contribution in [3.05, 3.63) is 83.9 Å². The van der Waals surface area contributed by atoms with E-state index in [0.29, 0.717) is 31.8 Å².